The van der Waals surface area contributed by atoms with E-state index in [9.17, 15) is 0 Å². The van der Waals surface area contributed by atoms with Crippen molar-refractivity contribution in [2.75, 3.05) is 27.3 Å². The molecule has 0 bridgehead atoms. The van der Waals surface area contributed by atoms with Crippen molar-refractivity contribution >= 4 is 12.4 Å². The topological polar surface area (TPSA) is 105 Å². The second-order valence-electron chi connectivity index (χ2n) is 8.68. The molecule has 0 aliphatic carbocycles. The number of hydrogen-bond donors (Lipinski definition) is 0. The molecule has 35 heavy (non-hydrogen) atoms. The highest BCUT2D eigenvalue weighted by atomic mass is 16.5. The van der Waals surface area contributed by atoms with E-state index in [0.29, 0.717) is 24.5 Å². The Labute approximate surface area is 203 Å². The average Bonchev–Trinajstić information content (AvgIpc) is 3.54. The Bertz CT molecular complexity index is 1190. The van der Waals surface area contributed by atoms with Gasteiger partial charge in [0.1, 0.15) is 22.9 Å². The lowest BCUT2D eigenvalue weighted by Crippen LogP contribution is -2.19. The predicted molar refractivity (Wildman–Crippen MR) is 135 cm³/mol. The van der Waals surface area contributed by atoms with E-state index in [4.69, 9.17) is 9.47 Å². The van der Waals surface area contributed by atoms with Gasteiger partial charge in [0.2, 0.25) is 0 Å². The van der Waals surface area contributed by atoms with Gasteiger partial charge in [-0.3, -0.25) is 9.98 Å². The lowest BCUT2D eigenvalue weighted by atomic mass is 9.94. The molecule has 0 fully saturated rings. The van der Waals surface area contributed by atoms with Gasteiger partial charge in [-0.2, -0.15) is 0 Å². The maximum absolute atomic E-state index is 5.19. The Kier molecular flexibility index (Phi) is 7.30. The summed E-state index contributed by atoms with van der Waals surface area (Å²) in [6.07, 6.45) is 7.14. The van der Waals surface area contributed by atoms with E-state index in [2.05, 4.69) is 44.5 Å². The largest absolute Gasteiger partial charge is 0.497 e. The van der Waals surface area contributed by atoms with Gasteiger partial charge in [0.25, 0.3) is 0 Å². The molecule has 0 radical (unpaired) electrons. The minimum Gasteiger partial charge on any atom is -0.497 e. The highest BCUT2D eigenvalue weighted by molar-refractivity contribution is 5.77. The van der Waals surface area contributed by atoms with Crippen LogP contribution in [0.25, 0.3) is 11.4 Å². The zero-order chi connectivity index (χ0) is 24.7. The van der Waals surface area contributed by atoms with Crippen LogP contribution in [-0.4, -0.2) is 69.7 Å². The van der Waals surface area contributed by atoms with Crippen LogP contribution in [0.5, 0.6) is 11.5 Å². The van der Waals surface area contributed by atoms with E-state index in [1.165, 1.54) is 0 Å². The molecule has 0 saturated heterocycles. The Morgan fingerprint density at radius 2 is 1.11 bits per heavy atom. The SMILES string of the molecule is COc1ccc(-n2cc(C=NCC(C)(C)CN=Cc3cn(-c4ccc(OC)cc4)nn3)nn2)cc1. The van der Waals surface area contributed by atoms with Gasteiger partial charge in [-0.1, -0.05) is 24.3 Å². The van der Waals surface area contributed by atoms with E-state index < -0.39 is 0 Å². The quantitative estimate of drug-likeness (QED) is 0.328. The summed E-state index contributed by atoms with van der Waals surface area (Å²) in [5.74, 6) is 1.59. The summed E-state index contributed by atoms with van der Waals surface area (Å²) < 4.78 is 13.8. The summed E-state index contributed by atoms with van der Waals surface area (Å²) in [4.78, 5) is 9.11. The van der Waals surface area contributed by atoms with Crippen LogP contribution in [0, 0.1) is 5.41 Å². The van der Waals surface area contributed by atoms with Crippen molar-refractivity contribution in [3.63, 3.8) is 0 Å². The van der Waals surface area contributed by atoms with Crippen molar-refractivity contribution in [1.29, 1.82) is 0 Å². The Morgan fingerprint density at radius 1 is 0.714 bits per heavy atom. The second-order valence-corrected chi connectivity index (χ2v) is 8.68. The molecule has 10 heteroatoms. The lowest BCUT2D eigenvalue weighted by Gasteiger charge is -2.18. The summed E-state index contributed by atoms with van der Waals surface area (Å²) in [6.45, 7) is 5.42. The number of ether oxygens (including phenoxy) is 2. The third-order valence-electron chi connectivity index (χ3n) is 5.18. The molecule has 4 rings (SSSR count). The van der Waals surface area contributed by atoms with Crippen LogP contribution < -0.4 is 9.47 Å². The summed E-state index contributed by atoms with van der Waals surface area (Å²) in [5.41, 5.74) is 3.05. The third-order valence-corrected chi connectivity index (χ3v) is 5.18. The van der Waals surface area contributed by atoms with E-state index in [1.807, 2.05) is 60.9 Å². The van der Waals surface area contributed by atoms with Crippen molar-refractivity contribution in [2.45, 2.75) is 13.8 Å². The molecule has 0 saturated carbocycles. The number of aliphatic imine (C=N–C) groups is 2. The van der Waals surface area contributed by atoms with Crippen molar-refractivity contribution in [3.05, 3.63) is 72.3 Å². The van der Waals surface area contributed by atoms with Gasteiger partial charge >= 0.3 is 0 Å². The minimum atomic E-state index is -0.134. The molecule has 0 N–H and O–H groups in total. The molecular weight excluding hydrogens is 444 g/mol. The fourth-order valence-electron chi connectivity index (χ4n) is 3.22. The maximum Gasteiger partial charge on any atom is 0.124 e. The number of benzene rings is 2. The summed E-state index contributed by atoms with van der Waals surface area (Å²) in [7, 11) is 3.28. The van der Waals surface area contributed by atoms with Crippen molar-refractivity contribution in [2.24, 2.45) is 15.4 Å². The molecule has 2 aromatic carbocycles. The van der Waals surface area contributed by atoms with E-state index in [0.717, 1.165) is 22.9 Å². The maximum atomic E-state index is 5.19. The van der Waals surface area contributed by atoms with Gasteiger partial charge in [0.15, 0.2) is 0 Å². The number of methoxy groups -OCH3 is 2. The normalized spacial score (nSPS) is 12.0. The van der Waals surface area contributed by atoms with Crippen LogP contribution in [0.1, 0.15) is 25.2 Å². The highest BCUT2D eigenvalue weighted by Gasteiger charge is 2.16. The molecule has 0 aliphatic heterocycles. The zero-order valence-corrected chi connectivity index (χ0v) is 20.2. The molecule has 180 valence electrons. The first kappa shape index (κ1) is 23.8. The third kappa shape index (κ3) is 6.38. The van der Waals surface area contributed by atoms with Crippen molar-refractivity contribution in [1.82, 2.24) is 30.0 Å². The zero-order valence-electron chi connectivity index (χ0n) is 20.2. The number of nitrogens with zero attached hydrogens (tertiary/aromatic N) is 8. The van der Waals surface area contributed by atoms with Gasteiger partial charge in [-0.15, -0.1) is 10.2 Å². The van der Waals surface area contributed by atoms with Crippen molar-refractivity contribution < 1.29 is 9.47 Å². The van der Waals surface area contributed by atoms with Crippen LogP contribution in [0.3, 0.4) is 0 Å². The summed E-state index contributed by atoms with van der Waals surface area (Å²) in [6, 6.07) is 15.2. The summed E-state index contributed by atoms with van der Waals surface area (Å²) in [5, 5.41) is 16.7. The van der Waals surface area contributed by atoms with Crippen LogP contribution in [-0.2, 0) is 0 Å². The Balaban J connectivity index is 1.29. The average molecular weight is 473 g/mol. The standard InChI is InChI=1S/C25H28N8O2/c1-25(2,17-26-13-19-15-32(30-28-19)21-5-9-23(34-3)10-6-21)18-27-14-20-16-33(31-29-20)22-7-11-24(35-4)12-8-22/h5-16H,17-18H2,1-4H3. The van der Waals surface area contributed by atoms with E-state index >= 15 is 0 Å². The molecule has 0 aliphatic rings. The monoisotopic (exact) mass is 472 g/mol. The summed E-state index contributed by atoms with van der Waals surface area (Å²) >= 11 is 0. The number of rotatable bonds is 10. The molecule has 2 heterocycles. The first-order valence-corrected chi connectivity index (χ1v) is 11.1. The molecule has 0 spiro atoms. The van der Waals surface area contributed by atoms with Gasteiger partial charge in [0, 0.05) is 18.5 Å². The minimum absolute atomic E-state index is 0.134. The van der Waals surface area contributed by atoms with Crippen LogP contribution >= 0.6 is 0 Å². The predicted octanol–water partition coefficient (Wildman–Crippen LogP) is 3.43. The highest BCUT2D eigenvalue weighted by Crippen LogP contribution is 2.17. The molecule has 2 aromatic heterocycles. The van der Waals surface area contributed by atoms with Gasteiger partial charge < -0.3 is 9.47 Å². The Morgan fingerprint density at radius 3 is 1.49 bits per heavy atom. The van der Waals surface area contributed by atoms with Gasteiger partial charge in [-0.05, 0) is 48.5 Å². The van der Waals surface area contributed by atoms with Gasteiger partial charge in [0.05, 0.1) is 50.4 Å². The molecule has 0 atom stereocenters. The van der Waals surface area contributed by atoms with Gasteiger partial charge in [-0.25, -0.2) is 9.36 Å². The second kappa shape index (κ2) is 10.7. The smallest absolute Gasteiger partial charge is 0.124 e. The first-order chi connectivity index (χ1) is 17.0. The molecule has 4 aromatic rings. The van der Waals surface area contributed by atoms with Crippen LogP contribution in [0.15, 0.2) is 70.9 Å². The van der Waals surface area contributed by atoms with E-state index in [1.54, 1.807) is 36.0 Å². The van der Waals surface area contributed by atoms with Crippen molar-refractivity contribution in [3.8, 4) is 22.9 Å². The Hall–Kier alpha value is -4.34. The lowest BCUT2D eigenvalue weighted by molar-refractivity contribution is 0.396. The van der Waals surface area contributed by atoms with Crippen LogP contribution in [0.2, 0.25) is 0 Å². The molecular formula is C25H28N8O2. The molecule has 0 unspecified atom stereocenters. The van der Waals surface area contributed by atoms with E-state index in [-0.39, 0.29) is 5.41 Å². The fraction of sp³-hybridized carbons (Fsp3) is 0.280. The fourth-order valence-corrected chi connectivity index (χ4v) is 3.22. The number of hydrogen-bond acceptors (Lipinski definition) is 8. The molecule has 10 nitrogen and oxygen atoms in total. The first-order valence-electron chi connectivity index (χ1n) is 11.1. The molecule has 0 amide bonds. The van der Waals surface area contributed by atoms with Crippen LogP contribution in [0.4, 0.5) is 0 Å². The number of aromatic nitrogens is 6.